The van der Waals surface area contributed by atoms with Gasteiger partial charge in [0, 0.05) is 24.9 Å². The first-order valence-corrected chi connectivity index (χ1v) is 15.5. The van der Waals surface area contributed by atoms with Gasteiger partial charge in [0.05, 0.1) is 11.8 Å². The minimum atomic E-state index is -0.999. The number of nitrogen functional groups attached to an aromatic ring is 1. The predicted molar refractivity (Wildman–Crippen MR) is 165 cm³/mol. The van der Waals surface area contributed by atoms with Gasteiger partial charge in [0.15, 0.2) is 5.69 Å². The van der Waals surface area contributed by atoms with Gasteiger partial charge in [-0.3, -0.25) is 19.3 Å². The molecular weight excluding hydrogens is 550 g/mol. The van der Waals surface area contributed by atoms with E-state index in [0.717, 1.165) is 61.2 Å². The number of aryl methyl sites for hydroxylation is 2. The van der Waals surface area contributed by atoms with Gasteiger partial charge in [-0.15, -0.1) is 0 Å². The Labute approximate surface area is 251 Å². The van der Waals surface area contributed by atoms with Crippen molar-refractivity contribution in [2.24, 2.45) is 0 Å². The number of benzene rings is 2. The van der Waals surface area contributed by atoms with Crippen molar-refractivity contribution < 1.29 is 19.1 Å². The molecule has 0 bridgehead atoms. The molecule has 2 aliphatic rings. The molecule has 222 valence electrons. The molecule has 1 saturated carbocycles. The van der Waals surface area contributed by atoms with Crippen LogP contribution >= 0.6 is 11.5 Å². The van der Waals surface area contributed by atoms with Crippen molar-refractivity contribution in [3.05, 3.63) is 75.8 Å². The van der Waals surface area contributed by atoms with Crippen LogP contribution in [0, 0.1) is 13.8 Å². The zero-order valence-corrected chi connectivity index (χ0v) is 25.0. The monoisotopic (exact) mass is 589 g/mol. The lowest BCUT2D eigenvalue weighted by molar-refractivity contribution is -0.123. The van der Waals surface area contributed by atoms with Crippen molar-refractivity contribution in [3.63, 3.8) is 0 Å². The van der Waals surface area contributed by atoms with Crippen LogP contribution in [0.3, 0.4) is 0 Å². The van der Waals surface area contributed by atoms with E-state index in [2.05, 4.69) is 15.0 Å². The normalized spacial score (nSPS) is 17.9. The summed E-state index contributed by atoms with van der Waals surface area (Å²) < 4.78 is 10.0. The summed E-state index contributed by atoms with van der Waals surface area (Å²) in [5.41, 5.74) is 9.61. The maximum Gasteiger partial charge on any atom is 0.273 e. The molecule has 0 unspecified atom stereocenters. The topological polar surface area (TPSA) is 127 Å². The van der Waals surface area contributed by atoms with E-state index in [1.54, 1.807) is 0 Å². The molecule has 5 rings (SSSR count). The van der Waals surface area contributed by atoms with E-state index in [9.17, 15) is 14.4 Å². The van der Waals surface area contributed by atoms with Gasteiger partial charge in [-0.25, -0.2) is 0 Å². The van der Waals surface area contributed by atoms with E-state index in [4.69, 9.17) is 10.5 Å². The predicted octanol–water partition coefficient (Wildman–Crippen LogP) is 5.09. The number of ether oxygens (including phenoxy) is 1. The Balaban J connectivity index is 1.51. The number of nitrogens with one attached hydrogen (secondary N) is 2. The van der Waals surface area contributed by atoms with Crippen LogP contribution in [0.15, 0.2) is 48.5 Å². The Kier molecular flexibility index (Phi) is 9.54. The zero-order valence-electron chi connectivity index (χ0n) is 24.2. The Morgan fingerprint density at radius 1 is 1.02 bits per heavy atom. The molecule has 10 heteroatoms. The molecular formula is C32H39N5O4S. The number of carbonyl (C=O) groups excluding carboxylic acids is 3. The summed E-state index contributed by atoms with van der Waals surface area (Å²) in [5.74, 6) is -1.19. The molecule has 3 aromatic rings. The van der Waals surface area contributed by atoms with Crippen molar-refractivity contribution in [3.8, 4) is 0 Å². The second kappa shape index (κ2) is 13.5. The molecule has 2 heterocycles. The Morgan fingerprint density at radius 2 is 1.76 bits per heavy atom. The number of carbonyl (C=O) groups is 3. The zero-order chi connectivity index (χ0) is 29.6. The Hall–Kier alpha value is -3.76. The summed E-state index contributed by atoms with van der Waals surface area (Å²) in [4.78, 5) is 43.2. The van der Waals surface area contributed by atoms with E-state index < -0.39 is 11.9 Å². The summed E-state index contributed by atoms with van der Waals surface area (Å²) in [6.07, 6.45) is 6.92. The number of aromatic nitrogens is 1. The van der Waals surface area contributed by atoms with Gasteiger partial charge in [-0.2, -0.15) is 4.37 Å². The van der Waals surface area contributed by atoms with Crippen LogP contribution in [0.4, 0.5) is 11.4 Å². The summed E-state index contributed by atoms with van der Waals surface area (Å²) >= 11 is 0.885. The first-order valence-electron chi connectivity index (χ1n) is 14.7. The summed E-state index contributed by atoms with van der Waals surface area (Å²) in [7, 11) is 0. The molecule has 1 aromatic heterocycles. The number of nitrogens with zero attached hydrogens (tertiary/aromatic N) is 2. The van der Waals surface area contributed by atoms with E-state index in [1.807, 2.05) is 62.4 Å². The lowest BCUT2D eigenvalue weighted by Gasteiger charge is -2.32. The van der Waals surface area contributed by atoms with Crippen molar-refractivity contribution in [2.45, 2.75) is 77.0 Å². The molecule has 2 atom stereocenters. The third-order valence-electron chi connectivity index (χ3n) is 8.10. The summed E-state index contributed by atoms with van der Waals surface area (Å²) in [6.45, 7) is 4.89. The number of hydrogen-bond acceptors (Lipinski definition) is 7. The van der Waals surface area contributed by atoms with E-state index >= 15 is 0 Å². The lowest BCUT2D eigenvalue weighted by Crippen LogP contribution is -2.46. The molecule has 1 aliphatic heterocycles. The van der Waals surface area contributed by atoms with Gasteiger partial charge in [0.1, 0.15) is 10.9 Å². The van der Waals surface area contributed by atoms with Crippen LogP contribution in [-0.2, 0) is 9.53 Å². The maximum atomic E-state index is 14.5. The molecule has 1 aliphatic carbocycles. The summed E-state index contributed by atoms with van der Waals surface area (Å²) in [5, 5.41) is 6.07. The Bertz CT molecular complexity index is 1410. The fourth-order valence-corrected chi connectivity index (χ4v) is 6.44. The van der Waals surface area contributed by atoms with Crippen molar-refractivity contribution in [1.82, 2.24) is 15.0 Å². The minimum Gasteiger partial charge on any atom is -0.395 e. The molecule has 0 spiro atoms. The first-order chi connectivity index (χ1) is 20.3. The van der Waals surface area contributed by atoms with Gasteiger partial charge in [-0.05, 0) is 68.3 Å². The molecule has 42 heavy (non-hydrogen) atoms. The lowest BCUT2D eigenvalue weighted by atomic mass is 9.95. The van der Waals surface area contributed by atoms with Crippen LogP contribution < -0.4 is 21.3 Å². The fourth-order valence-electron chi connectivity index (χ4n) is 5.71. The van der Waals surface area contributed by atoms with E-state index in [-0.39, 0.29) is 40.2 Å². The van der Waals surface area contributed by atoms with Gasteiger partial charge in [0.25, 0.3) is 11.8 Å². The van der Waals surface area contributed by atoms with Crippen LogP contribution in [0.2, 0.25) is 0 Å². The molecule has 0 radical (unpaired) electrons. The average Bonchev–Trinajstić information content (AvgIpc) is 3.66. The Morgan fingerprint density at radius 3 is 2.45 bits per heavy atom. The maximum absolute atomic E-state index is 14.5. The first kappa shape index (κ1) is 29.7. The third-order valence-corrected chi connectivity index (χ3v) is 8.95. The number of nitrogens with two attached hydrogens (primary N) is 1. The summed E-state index contributed by atoms with van der Waals surface area (Å²) in [6, 6.07) is 14.1. The SMILES string of the molecule is Cc1ccc([C@H](C(=O)NC[C@@H]2CCCO2)N(C(=O)c2snc(C(=O)NC3CCCCC3)c2N)c2ccccc2C)cc1. The molecule has 2 aromatic carbocycles. The molecule has 1 saturated heterocycles. The van der Waals surface area contributed by atoms with Crippen molar-refractivity contribution in [2.75, 3.05) is 23.8 Å². The minimum absolute atomic E-state index is 0.0271. The quantitative estimate of drug-likeness (QED) is 0.319. The third kappa shape index (κ3) is 6.65. The van der Waals surface area contributed by atoms with Crippen LogP contribution in [0.1, 0.15) is 87.8 Å². The largest absolute Gasteiger partial charge is 0.395 e. The molecule has 9 nitrogen and oxygen atoms in total. The van der Waals surface area contributed by atoms with Crippen LogP contribution in [-0.4, -0.2) is 47.4 Å². The number of anilines is 2. The smallest absolute Gasteiger partial charge is 0.273 e. The highest BCUT2D eigenvalue weighted by Gasteiger charge is 2.37. The van der Waals surface area contributed by atoms with Crippen molar-refractivity contribution in [1.29, 1.82) is 0 Å². The molecule has 4 N–H and O–H groups in total. The highest BCUT2D eigenvalue weighted by Crippen LogP contribution is 2.35. The number of rotatable bonds is 9. The molecule has 3 amide bonds. The van der Waals surface area contributed by atoms with Crippen LogP contribution in [0.25, 0.3) is 0 Å². The second-order valence-electron chi connectivity index (χ2n) is 11.2. The average molecular weight is 590 g/mol. The second-order valence-corrected chi connectivity index (χ2v) is 12.0. The van der Waals surface area contributed by atoms with Crippen LogP contribution in [0.5, 0.6) is 0 Å². The fraction of sp³-hybridized carbons (Fsp3) is 0.438. The number of amides is 3. The van der Waals surface area contributed by atoms with Gasteiger partial charge in [0.2, 0.25) is 5.91 Å². The number of para-hydroxylation sites is 1. The van der Waals surface area contributed by atoms with E-state index in [0.29, 0.717) is 24.4 Å². The van der Waals surface area contributed by atoms with Gasteiger partial charge in [-0.1, -0.05) is 67.3 Å². The standard InChI is InChI=1S/C32H39N5O4S/c1-20-14-16-22(17-15-20)28(31(39)34-19-24-12-8-18-41-24)37(25-13-7-6-9-21(25)2)32(40)29-26(33)27(36-42-29)30(38)35-23-10-4-3-5-11-23/h6-7,9,13-17,23-24,28H,3-5,8,10-12,18-19,33H2,1-2H3,(H,34,39)(H,35,38)/t24-,28+/m0/s1. The highest BCUT2D eigenvalue weighted by molar-refractivity contribution is 7.09. The molecule has 2 fully saturated rings. The van der Waals surface area contributed by atoms with Gasteiger partial charge >= 0.3 is 0 Å². The number of hydrogen-bond donors (Lipinski definition) is 3. The van der Waals surface area contributed by atoms with Crippen molar-refractivity contribution >= 4 is 40.6 Å². The van der Waals surface area contributed by atoms with Gasteiger partial charge < -0.3 is 21.1 Å². The highest BCUT2D eigenvalue weighted by atomic mass is 32.1. The van der Waals surface area contributed by atoms with E-state index in [1.165, 1.54) is 11.3 Å².